The Bertz CT molecular complexity index is 739. The van der Waals surface area contributed by atoms with Gasteiger partial charge in [-0.1, -0.05) is 0 Å². The number of carbonyl (C=O) groups excluding carboxylic acids is 1. The molecule has 0 aliphatic heterocycles. The van der Waals surface area contributed by atoms with Crippen molar-refractivity contribution in [3.05, 3.63) is 58.2 Å². The smallest absolute Gasteiger partial charge is 0.352 e. The molecule has 0 radical (unpaired) electrons. The lowest BCUT2D eigenvalue weighted by Crippen LogP contribution is -2.13. The summed E-state index contributed by atoms with van der Waals surface area (Å²) in [5.41, 5.74) is -2.69. The van der Waals surface area contributed by atoms with E-state index < -0.39 is 57.7 Å². The van der Waals surface area contributed by atoms with Gasteiger partial charge >= 0.3 is 5.97 Å². The molecule has 2 rings (SSSR count). The van der Waals surface area contributed by atoms with E-state index in [-0.39, 0.29) is 0 Å². The standard InChI is InChI=1S/C12H4F5NO3/c13-6-5(7(14)9(16)10(17)8(6)15)11(19)3-1-4(12(20)21)18-2-3/h1-2,18H,(H,20,21). The van der Waals surface area contributed by atoms with Gasteiger partial charge in [-0.15, -0.1) is 0 Å². The first kappa shape index (κ1) is 14.7. The number of aromatic nitrogens is 1. The van der Waals surface area contributed by atoms with Crippen LogP contribution in [-0.4, -0.2) is 21.8 Å². The molecule has 0 saturated heterocycles. The average Bonchev–Trinajstić information content (AvgIpc) is 2.93. The van der Waals surface area contributed by atoms with Crippen molar-refractivity contribution in [1.82, 2.24) is 4.98 Å². The number of rotatable bonds is 3. The van der Waals surface area contributed by atoms with Crippen molar-refractivity contribution in [2.75, 3.05) is 0 Å². The first-order valence-corrected chi connectivity index (χ1v) is 5.23. The summed E-state index contributed by atoms with van der Waals surface area (Å²) >= 11 is 0. The molecule has 0 atom stereocenters. The molecule has 0 aliphatic rings. The summed E-state index contributed by atoms with van der Waals surface area (Å²) in [7, 11) is 0. The Hall–Kier alpha value is -2.71. The minimum absolute atomic E-state index is 0.484. The molecule has 9 heteroatoms. The molecule has 4 nitrogen and oxygen atoms in total. The molecule has 1 aromatic carbocycles. The summed E-state index contributed by atoms with van der Waals surface area (Å²) in [6, 6.07) is 0.711. The van der Waals surface area contributed by atoms with Crippen LogP contribution in [0.25, 0.3) is 0 Å². The van der Waals surface area contributed by atoms with Crippen molar-refractivity contribution < 1.29 is 36.6 Å². The molecule has 0 unspecified atom stereocenters. The van der Waals surface area contributed by atoms with E-state index in [1.165, 1.54) is 0 Å². The van der Waals surface area contributed by atoms with Crippen molar-refractivity contribution in [3.8, 4) is 0 Å². The molecule has 110 valence electrons. The second-order valence-electron chi connectivity index (χ2n) is 3.88. The summed E-state index contributed by atoms with van der Waals surface area (Å²) in [5, 5.41) is 8.62. The number of carbonyl (C=O) groups is 2. The lowest BCUT2D eigenvalue weighted by molar-refractivity contribution is 0.0691. The fraction of sp³-hybridized carbons (Fsp3) is 0. The highest BCUT2D eigenvalue weighted by Crippen LogP contribution is 2.25. The average molecular weight is 305 g/mol. The van der Waals surface area contributed by atoms with Gasteiger partial charge in [-0.25, -0.2) is 26.7 Å². The minimum Gasteiger partial charge on any atom is -0.477 e. The highest BCUT2D eigenvalue weighted by molar-refractivity contribution is 6.10. The summed E-state index contributed by atoms with van der Waals surface area (Å²) in [5.74, 6) is -14.5. The van der Waals surface area contributed by atoms with Crippen molar-refractivity contribution >= 4 is 11.8 Å². The van der Waals surface area contributed by atoms with Gasteiger partial charge in [-0.2, -0.15) is 0 Å². The summed E-state index contributed by atoms with van der Waals surface area (Å²) in [6.45, 7) is 0. The van der Waals surface area contributed by atoms with Gasteiger partial charge in [0, 0.05) is 11.8 Å². The monoisotopic (exact) mass is 305 g/mol. The first-order valence-electron chi connectivity index (χ1n) is 5.23. The molecule has 0 spiro atoms. The topological polar surface area (TPSA) is 70.2 Å². The van der Waals surface area contributed by atoms with Gasteiger partial charge in [0.1, 0.15) is 11.3 Å². The van der Waals surface area contributed by atoms with Gasteiger partial charge < -0.3 is 10.1 Å². The van der Waals surface area contributed by atoms with Crippen LogP contribution < -0.4 is 0 Å². The lowest BCUT2D eigenvalue weighted by atomic mass is 10.0. The lowest BCUT2D eigenvalue weighted by Gasteiger charge is -2.06. The molecule has 0 amide bonds. The van der Waals surface area contributed by atoms with Gasteiger partial charge in [0.2, 0.25) is 11.6 Å². The zero-order valence-electron chi connectivity index (χ0n) is 9.81. The molecule has 2 N–H and O–H groups in total. The molecule has 2 aromatic rings. The van der Waals surface area contributed by atoms with Crippen LogP contribution >= 0.6 is 0 Å². The summed E-state index contributed by atoms with van der Waals surface area (Å²) < 4.78 is 65.7. The molecule has 1 aromatic heterocycles. The number of hydrogen-bond donors (Lipinski definition) is 2. The highest BCUT2D eigenvalue weighted by Gasteiger charge is 2.30. The molecule has 0 aliphatic carbocycles. The second-order valence-corrected chi connectivity index (χ2v) is 3.88. The second kappa shape index (κ2) is 5.00. The van der Waals surface area contributed by atoms with Crippen molar-refractivity contribution in [2.24, 2.45) is 0 Å². The SMILES string of the molecule is O=C(O)c1cc(C(=O)c2c(F)c(F)c(F)c(F)c2F)c[nH]1. The van der Waals surface area contributed by atoms with Gasteiger partial charge in [0.15, 0.2) is 23.3 Å². The number of carboxylic acids is 1. The quantitative estimate of drug-likeness (QED) is 0.396. The molecule has 0 saturated carbocycles. The molecule has 0 bridgehead atoms. The Kier molecular flexibility index (Phi) is 3.50. The van der Waals surface area contributed by atoms with E-state index in [0.29, 0.717) is 6.07 Å². The van der Waals surface area contributed by atoms with Crippen LogP contribution in [0.5, 0.6) is 0 Å². The maximum Gasteiger partial charge on any atom is 0.352 e. The van der Waals surface area contributed by atoms with Crippen molar-refractivity contribution in [2.45, 2.75) is 0 Å². The number of aromatic carboxylic acids is 1. The molecular formula is C12H4F5NO3. The Labute approximate surface area is 112 Å². The predicted octanol–water partition coefficient (Wildman–Crippen LogP) is 2.64. The fourth-order valence-electron chi connectivity index (χ4n) is 1.60. The van der Waals surface area contributed by atoms with Gasteiger partial charge in [0.05, 0.1) is 0 Å². The van der Waals surface area contributed by atoms with Crippen LogP contribution in [0.15, 0.2) is 12.3 Å². The summed E-state index contributed by atoms with van der Waals surface area (Å²) in [4.78, 5) is 24.5. The summed E-state index contributed by atoms with van der Waals surface area (Å²) in [6.07, 6.45) is 0.782. The van der Waals surface area contributed by atoms with Gasteiger partial charge in [-0.05, 0) is 6.07 Å². The maximum atomic E-state index is 13.4. The number of hydrogen-bond acceptors (Lipinski definition) is 2. The van der Waals surface area contributed by atoms with E-state index >= 15 is 0 Å². The van der Waals surface area contributed by atoms with E-state index in [0.717, 1.165) is 6.20 Å². The Morgan fingerprint density at radius 3 is 1.81 bits per heavy atom. The van der Waals surface area contributed by atoms with Crippen LogP contribution in [0, 0.1) is 29.1 Å². The van der Waals surface area contributed by atoms with Crippen LogP contribution in [0.2, 0.25) is 0 Å². The molecule has 0 fully saturated rings. The van der Waals surface area contributed by atoms with Crippen molar-refractivity contribution in [3.63, 3.8) is 0 Å². The third-order valence-electron chi connectivity index (χ3n) is 2.61. The largest absolute Gasteiger partial charge is 0.477 e. The van der Waals surface area contributed by atoms with Gasteiger partial charge in [-0.3, -0.25) is 4.79 Å². The van der Waals surface area contributed by atoms with E-state index in [1.54, 1.807) is 0 Å². The predicted molar refractivity (Wildman–Crippen MR) is 57.4 cm³/mol. The Morgan fingerprint density at radius 1 is 0.905 bits per heavy atom. The number of benzene rings is 1. The fourth-order valence-corrected chi connectivity index (χ4v) is 1.60. The van der Waals surface area contributed by atoms with E-state index in [9.17, 15) is 31.5 Å². The maximum absolute atomic E-state index is 13.4. The third-order valence-corrected chi connectivity index (χ3v) is 2.61. The number of halogens is 5. The number of nitrogens with one attached hydrogen (secondary N) is 1. The zero-order valence-corrected chi connectivity index (χ0v) is 9.81. The number of aromatic amines is 1. The van der Waals surface area contributed by atoms with Crippen LogP contribution in [-0.2, 0) is 0 Å². The Morgan fingerprint density at radius 2 is 1.38 bits per heavy atom. The number of carboxylic acid groups (broad SMARTS) is 1. The van der Waals surface area contributed by atoms with Crippen LogP contribution in [0.1, 0.15) is 26.4 Å². The highest BCUT2D eigenvalue weighted by atomic mass is 19.2. The third kappa shape index (κ3) is 2.26. The van der Waals surface area contributed by atoms with E-state index in [2.05, 4.69) is 4.98 Å². The van der Waals surface area contributed by atoms with E-state index in [4.69, 9.17) is 5.11 Å². The molecule has 21 heavy (non-hydrogen) atoms. The molecular weight excluding hydrogens is 301 g/mol. The van der Waals surface area contributed by atoms with Crippen LogP contribution in [0.3, 0.4) is 0 Å². The normalized spacial score (nSPS) is 10.7. The molecule has 1 heterocycles. The first-order chi connectivity index (χ1) is 9.75. The zero-order chi connectivity index (χ0) is 15.9. The van der Waals surface area contributed by atoms with Gasteiger partial charge in [0.25, 0.3) is 0 Å². The Balaban J connectivity index is 2.60. The van der Waals surface area contributed by atoms with Crippen LogP contribution in [0.4, 0.5) is 22.0 Å². The minimum atomic E-state index is -2.39. The number of ketones is 1. The van der Waals surface area contributed by atoms with Crippen molar-refractivity contribution in [1.29, 1.82) is 0 Å². The van der Waals surface area contributed by atoms with E-state index in [1.807, 2.05) is 0 Å². The number of H-pyrrole nitrogens is 1.